The molecule has 0 atom stereocenters. The van der Waals surface area contributed by atoms with Gasteiger partial charge in [-0.3, -0.25) is 15.5 Å². The second-order valence-electron chi connectivity index (χ2n) is 5.67. The van der Waals surface area contributed by atoms with E-state index in [0.717, 1.165) is 29.8 Å². The first kappa shape index (κ1) is 15.5. The van der Waals surface area contributed by atoms with Gasteiger partial charge in [0.2, 0.25) is 5.13 Å². The number of non-ortho nitro benzene ring substituents is 1. The normalized spacial score (nSPS) is 14.5. The van der Waals surface area contributed by atoms with E-state index in [2.05, 4.69) is 27.6 Å². The number of hydrogen-bond donors (Lipinski definition) is 1. The fraction of sp³-hybridized carbons (Fsp3) is 0.111. The third-order valence-electron chi connectivity index (χ3n) is 4.12. The lowest BCUT2D eigenvalue weighted by molar-refractivity contribution is -0.384. The number of benzene rings is 2. The Balaban J connectivity index is 1.51. The number of hydrazone groups is 1. The zero-order valence-corrected chi connectivity index (χ0v) is 14.0. The van der Waals surface area contributed by atoms with Gasteiger partial charge in [-0.1, -0.05) is 24.3 Å². The summed E-state index contributed by atoms with van der Waals surface area (Å²) in [4.78, 5) is 14.8. The summed E-state index contributed by atoms with van der Waals surface area (Å²) < 4.78 is 0. The van der Waals surface area contributed by atoms with Crippen LogP contribution in [0, 0.1) is 10.1 Å². The van der Waals surface area contributed by atoms with Crippen LogP contribution in [0.2, 0.25) is 0 Å². The second kappa shape index (κ2) is 6.45. The highest BCUT2D eigenvalue weighted by Gasteiger charge is 2.17. The SMILES string of the molecule is O=[N+]([O-])c1ccc(-c2csc(N/N=C3\CCc4ccccc43)n2)cc1. The van der Waals surface area contributed by atoms with Crippen molar-refractivity contribution in [2.45, 2.75) is 12.8 Å². The molecule has 0 radical (unpaired) electrons. The molecule has 4 rings (SSSR count). The van der Waals surface area contributed by atoms with Gasteiger partial charge in [0.05, 0.1) is 16.3 Å². The van der Waals surface area contributed by atoms with Crippen molar-refractivity contribution >= 4 is 27.9 Å². The summed E-state index contributed by atoms with van der Waals surface area (Å²) in [7, 11) is 0. The zero-order valence-electron chi connectivity index (χ0n) is 13.2. The molecule has 0 unspecified atom stereocenters. The number of nitrogens with one attached hydrogen (secondary N) is 1. The van der Waals surface area contributed by atoms with E-state index in [0.29, 0.717) is 5.13 Å². The average molecular weight is 350 g/mol. The Morgan fingerprint density at radius 2 is 1.92 bits per heavy atom. The molecule has 2 aromatic carbocycles. The average Bonchev–Trinajstić information content (AvgIpc) is 3.27. The van der Waals surface area contributed by atoms with Gasteiger partial charge in [-0.2, -0.15) is 5.10 Å². The van der Waals surface area contributed by atoms with Crippen LogP contribution in [0.25, 0.3) is 11.3 Å². The van der Waals surface area contributed by atoms with Gasteiger partial charge in [0.15, 0.2) is 0 Å². The summed E-state index contributed by atoms with van der Waals surface area (Å²) in [5, 5.41) is 17.8. The van der Waals surface area contributed by atoms with Gasteiger partial charge in [0.25, 0.3) is 5.69 Å². The van der Waals surface area contributed by atoms with Gasteiger partial charge >= 0.3 is 0 Å². The third kappa shape index (κ3) is 3.14. The quantitative estimate of drug-likeness (QED) is 0.556. The Bertz CT molecular complexity index is 963. The first-order valence-electron chi connectivity index (χ1n) is 7.82. The van der Waals surface area contributed by atoms with Crippen molar-refractivity contribution < 1.29 is 4.92 Å². The molecule has 1 aromatic heterocycles. The maximum Gasteiger partial charge on any atom is 0.269 e. The van der Waals surface area contributed by atoms with Crippen LogP contribution in [0.1, 0.15) is 17.5 Å². The van der Waals surface area contributed by atoms with E-state index in [1.807, 2.05) is 17.5 Å². The highest BCUT2D eigenvalue weighted by atomic mass is 32.1. The maximum absolute atomic E-state index is 10.7. The molecule has 7 heteroatoms. The molecule has 1 aliphatic carbocycles. The first-order chi connectivity index (χ1) is 12.2. The van der Waals surface area contributed by atoms with Crippen molar-refractivity contribution in [3.05, 3.63) is 75.2 Å². The van der Waals surface area contributed by atoms with Gasteiger partial charge < -0.3 is 0 Å². The molecule has 1 N–H and O–H groups in total. The predicted octanol–water partition coefficient (Wildman–Crippen LogP) is 4.48. The third-order valence-corrected chi connectivity index (χ3v) is 4.87. The summed E-state index contributed by atoms with van der Waals surface area (Å²) in [6.45, 7) is 0. The molecule has 0 amide bonds. The summed E-state index contributed by atoms with van der Waals surface area (Å²) in [6, 6.07) is 14.7. The lowest BCUT2D eigenvalue weighted by Gasteiger charge is -2.00. The van der Waals surface area contributed by atoms with Crippen LogP contribution in [-0.4, -0.2) is 15.6 Å². The van der Waals surface area contributed by atoms with E-state index in [1.165, 1.54) is 34.6 Å². The number of nitro groups is 1. The summed E-state index contributed by atoms with van der Waals surface area (Å²) in [5.41, 5.74) is 8.29. The molecule has 0 fully saturated rings. The van der Waals surface area contributed by atoms with E-state index in [-0.39, 0.29) is 5.69 Å². The summed E-state index contributed by atoms with van der Waals surface area (Å²) >= 11 is 1.46. The number of nitrogens with zero attached hydrogens (tertiary/aromatic N) is 3. The van der Waals surface area contributed by atoms with Crippen molar-refractivity contribution in [2.24, 2.45) is 5.10 Å². The molecule has 25 heavy (non-hydrogen) atoms. The standard InChI is InChI=1S/C18H14N4O2S/c23-22(24)14-8-5-13(6-9-14)17-11-25-18(19-17)21-20-16-10-7-12-3-1-2-4-15(12)16/h1-6,8-9,11H,7,10H2,(H,19,21)/b20-16+. The summed E-state index contributed by atoms with van der Waals surface area (Å²) in [5.74, 6) is 0. The topological polar surface area (TPSA) is 80.4 Å². The maximum atomic E-state index is 10.7. The fourth-order valence-corrected chi connectivity index (χ4v) is 3.51. The van der Waals surface area contributed by atoms with Crippen molar-refractivity contribution in [2.75, 3.05) is 5.43 Å². The second-order valence-corrected chi connectivity index (χ2v) is 6.53. The van der Waals surface area contributed by atoms with Gasteiger partial charge in [0, 0.05) is 28.6 Å². The minimum atomic E-state index is -0.409. The molecule has 0 bridgehead atoms. The number of nitro benzene ring substituents is 1. The lowest BCUT2D eigenvalue weighted by Crippen LogP contribution is -1.99. The van der Waals surface area contributed by atoms with Gasteiger partial charge in [-0.05, 0) is 30.5 Å². The zero-order chi connectivity index (χ0) is 17.2. The number of thiazole rings is 1. The summed E-state index contributed by atoms with van der Waals surface area (Å²) in [6.07, 6.45) is 1.94. The van der Waals surface area contributed by atoms with Crippen LogP contribution in [-0.2, 0) is 6.42 Å². The van der Waals surface area contributed by atoms with Crippen LogP contribution in [0.4, 0.5) is 10.8 Å². The Morgan fingerprint density at radius 3 is 2.72 bits per heavy atom. The molecule has 3 aromatic rings. The van der Waals surface area contributed by atoms with Gasteiger partial charge in [-0.25, -0.2) is 4.98 Å². The van der Waals surface area contributed by atoms with Crippen LogP contribution < -0.4 is 5.43 Å². The molecule has 0 saturated heterocycles. The molecule has 0 spiro atoms. The highest BCUT2D eigenvalue weighted by molar-refractivity contribution is 7.14. The van der Waals surface area contributed by atoms with Crippen LogP contribution in [0.3, 0.4) is 0 Å². The first-order valence-corrected chi connectivity index (χ1v) is 8.70. The Morgan fingerprint density at radius 1 is 1.12 bits per heavy atom. The largest absolute Gasteiger partial charge is 0.269 e. The number of fused-ring (bicyclic) bond motifs is 1. The highest BCUT2D eigenvalue weighted by Crippen LogP contribution is 2.27. The van der Waals surface area contributed by atoms with Crippen LogP contribution in [0.5, 0.6) is 0 Å². The lowest BCUT2D eigenvalue weighted by atomic mass is 10.1. The number of rotatable bonds is 4. The molecule has 6 nitrogen and oxygen atoms in total. The number of hydrogen-bond acceptors (Lipinski definition) is 6. The van der Waals surface area contributed by atoms with Crippen molar-refractivity contribution in [1.29, 1.82) is 0 Å². The Labute approximate surface area is 148 Å². The minimum Gasteiger partial charge on any atom is -0.258 e. The number of aromatic nitrogens is 1. The minimum absolute atomic E-state index is 0.0728. The molecule has 0 aliphatic heterocycles. The van der Waals surface area contributed by atoms with E-state index in [4.69, 9.17) is 0 Å². The van der Waals surface area contributed by atoms with E-state index in [1.54, 1.807) is 12.1 Å². The van der Waals surface area contributed by atoms with E-state index >= 15 is 0 Å². The van der Waals surface area contributed by atoms with Crippen molar-refractivity contribution in [3.63, 3.8) is 0 Å². The Hall–Kier alpha value is -3.06. The van der Waals surface area contributed by atoms with Crippen molar-refractivity contribution in [3.8, 4) is 11.3 Å². The van der Waals surface area contributed by atoms with Gasteiger partial charge in [0.1, 0.15) is 0 Å². The molecular weight excluding hydrogens is 336 g/mol. The smallest absolute Gasteiger partial charge is 0.258 e. The van der Waals surface area contributed by atoms with Crippen molar-refractivity contribution in [1.82, 2.24) is 4.98 Å². The molecular formula is C18H14N4O2S. The molecule has 124 valence electrons. The molecule has 1 aliphatic rings. The predicted molar refractivity (Wildman–Crippen MR) is 99.1 cm³/mol. The van der Waals surface area contributed by atoms with Crippen LogP contribution >= 0.6 is 11.3 Å². The molecule has 1 heterocycles. The van der Waals surface area contributed by atoms with E-state index < -0.39 is 4.92 Å². The fourth-order valence-electron chi connectivity index (χ4n) is 2.85. The monoisotopic (exact) mass is 350 g/mol. The van der Waals surface area contributed by atoms with Crippen LogP contribution in [0.15, 0.2) is 59.0 Å². The molecule has 0 saturated carbocycles. The van der Waals surface area contributed by atoms with E-state index in [9.17, 15) is 10.1 Å². The number of aryl methyl sites for hydroxylation is 1. The van der Waals surface area contributed by atoms with Gasteiger partial charge in [-0.15, -0.1) is 11.3 Å². The number of anilines is 1. The Kier molecular flexibility index (Phi) is 3.99.